The van der Waals surface area contributed by atoms with E-state index in [0.717, 1.165) is 22.6 Å². The first-order chi connectivity index (χ1) is 7.36. The average molecular weight is 217 g/mol. The van der Waals surface area contributed by atoms with Gasteiger partial charge in [0.15, 0.2) is 0 Å². The molecule has 0 bridgehead atoms. The normalized spacial score (nSPS) is 13.9. The fourth-order valence-corrected chi connectivity index (χ4v) is 2.21. The van der Waals surface area contributed by atoms with Gasteiger partial charge in [-0.2, -0.15) is 0 Å². The molecule has 2 heteroatoms. The van der Waals surface area contributed by atoms with Crippen molar-refractivity contribution in [1.29, 1.82) is 0 Å². The van der Waals surface area contributed by atoms with Crippen LogP contribution in [0.4, 0.5) is 0 Å². The van der Waals surface area contributed by atoms with Gasteiger partial charge in [0.05, 0.1) is 5.38 Å². The van der Waals surface area contributed by atoms with Gasteiger partial charge in [-0.15, -0.1) is 11.6 Å². The summed E-state index contributed by atoms with van der Waals surface area (Å²) in [5.41, 5.74) is 2.08. The Morgan fingerprint density at radius 3 is 1.80 bits per heavy atom. The highest BCUT2D eigenvalue weighted by molar-refractivity contribution is 6.23. The topological polar surface area (TPSA) is 9.23 Å². The molecule has 0 unspecified atom stereocenters. The van der Waals surface area contributed by atoms with Crippen LogP contribution >= 0.6 is 11.6 Å². The standard InChI is InChI=1S/C13H9ClO/c14-13-9-5-1-3-7-11(9)15-12-8-4-2-6-10(12)13/h1-8,13H. The van der Waals surface area contributed by atoms with Crippen LogP contribution in [0.2, 0.25) is 0 Å². The Balaban J connectivity index is 2.20. The fourth-order valence-electron chi connectivity index (χ4n) is 1.85. The number of rotatable bonds is 0. The highest BCUT2D eigenvalue weighted by atomic mass is 35.5. The van der Waals surface area contributed by atoms with Crippen LogP contribution in [0.15, 0.2) is 48.5 Å². The van der Waals surface area contributed by atoms with E-state index in [1.807, 2.05) is 48.5 Å². The van der Waals surface area contributed by atoms with Crippen LogP contribution in [-0.4, -0.2) is 0 Å². The third-order valence-electron chi connectivity index (χ3n) is 2.60. The molecule has 0 N–H and O–H groups in total. The number of ether oxygens (including phenoxy) is 1. The lowest BCUT2D eigenvalue weighted by Crippen LogP contribution is -2.04. The number of hydrogen-bond donors (Lipinski definition) is 0. The van der Waals surface area contributed by atoms with E-state index < -0.39 is 0 Å². The molecule has 0 atom stereocenters. The minimum atomic E-state index is -0.105. The Morgan fingerprint density at radius 1 is 0.800 bits per heavy atom. The first kappa shape index (κ1) is 8.81. The van der Waals surface area contributed by atoms with Crippen molar-refractivity contribution in [3.8, 4) is 11.5 Å². The Labute approximate surface area is 93.3 Å². The lowest BCUT2D eigenvalue weighted by Gasteiger charge is -2.23. The largest absolute Gasteiger partial charge is 0.457 e. The molecule has 0 saturated carbocycles. The zero-order valence-corrected chi connectivity index (χ0v) is 8.74. The van der Waals surface area contributed by atoms with Crippen LogP contribution < -0.4 is 4.74 Å². The maximum atomic E-state index is 6.40. The number of para-hydroxylation sites is 2. The highest BCUT2D eigenvalue weighted by Crippen LogP contribution is 2.45. The summed E-state index contributed by atoms with van der Waals surface area (Å²) >= 11 is 6.40. The molecule has 74 valence electrons. The van der Waals surface area contributed by atoms with Gasteiger partial charge in [-0.25, -0.2) is 0 Å². The summed E-state index contributed by atoms with van der Waals surface area (Å²) in [6.07, 6.45) is 0. The van der Waals surface area contributed by atoms with Gasteiger partial charge < -0.3 is 4.74 Å². The van der Waals surface area contributed by atoms with Crippen LogP contribution in [0.25, 0.3) is 0 Å². The van der Waals surface area contributed by atoms with Crippen LogP contribution in [0.5, 0.6) is 11.5 Å². The van der Waals surface area contributed by atoms with E-state index in [1.54, 1.807) is 0 Å². The molecule has 1 heterocycles. The minimum absolute atomic E-state index is 0.105. The molecule has 1 aliphatic rings. The monoisotopic (exact) mass is 216 g/mol. The van der Waals surface area contributed by atoms with Crippen LogP contribution in [0, 0.1) is 0 Å². The van der Waals surface area contributed by atoms with Crippen molar-refractivity contribution in [3.63, 3.8) is 0 Å². The lowest BCUT2D eigenvalue weighted by molar-refractivity contribution is 0.458. The number of alkyl halides is 1. The summed E-state index contributed by atoms with van der Waals surface area (Å²) in [5, 5.41) is -0.105. The molecule has 3 rings (SSSR count). The molecule has 0 amide bonds. The van der Waals surface area contributed by atoms with E-state index in [9.17, 15) is 0 Å². The smallest absolute Gasteiger partial charge is 0.132 e. The van der Waals surface area contributed by atoms with Gasteiger partial charge in [-0.1, -0.05) is 36.4 Å². The number of hydrogen-bond acceptors (Lipinski definition) is 1. The Hall–Kier alpha value is -1.47. The number of halogens is 1. The maximum absolute atomic E-state index is 6.40. The van der Waals surface area contributed by atoms with E-state index in [-0.39, 0.29) is 5.38 Å². The fraction of sp³-hybridized carbons (Fsp3) is 0.0769. The minimum Gasteiger partial charge on any atom is -0.457 e. The van der Waals surface area contributed by atoms with Gasteiger partial charge in [-0.05, 0) is 12.1 Å². The summed E-state index contributed by atoms with van der Waals surface area (Å²) in [5.74, 6) is 1.72. The van der Waals surface area contributed by atoms with Crippen molar-refractivity contribution < 1.29 is 4.74 Å². The molecule has 0 aliphatic carbocycles. The predicted molar refractivity (Wildman–Crippen MR) is 60.7 cm³/mol. The summed E-state index contributed by atoms with van der Waals surface area (Å²) < 4.78 is 5.76. The zero-order valence-electron chi connectivity index (χ0n) is 7.98. The average Bonchev–Trinajstić information content (AvgIpc) is 2.30. The van der Waals surface area contributed by atoms with E-state index in [4.69, 9.17) is 16.3 Å². The third kappa shape index (κ3) is 1.31. The summed E-state index contributed by atoms with van der Waals surface area (Å²) in [7, 11) is 0. The second kappa shape index (κ2) is 3.28. The van der Waals surface area contributed by atoms with Crippen molar-refractivity contribution in [3.05, 3.63) is 59.7 Å². The molecule has 0 spiro atoms. The first-order valence-corrected chi connectivity index (χ1v) is 5.29. The van der Waals surface area contributed by atoms with Gasteiger partial charge >= 0.3 is 0 Å². The van der Waals surface area contributed by atoms with Crippen molar-refractivity contribution in [2.75, 3.05) is 0 Å². The third-order valence-corrected chi connectivity index (χ3v) is 3.07. The van der Waals surface area contributed by atoms with Gasteiger partial charge in [0, 0.05) is 11.1 Å². The molecule has 0 radical (unpaired) electrons. The summed E-state index contributed by atoms with van der Waals surface area (Å²) in [6.45, 7) is 0. The molecule has 15 heavy (non-hydrogen) atoms. The molecule has 2 aromatic rings. The van der Waals surface area contributed by atoms with Crippen molar-refractivity contribution >= 4 is 11.6 Å². The summed E-state index contributed by atoms with van der Waals surface area (Å²) in [4.78, 5) is 0. The summed E-state index contributed by atoms with van der Waals surface area (Å²) in [6, 6.07) is 15.8. The van der Waals surface area contributed by atoms with Gasteiger partial charge in [0.2, 0.25) is 0 Å². The molecule has 2 aromatic carbocycles. The SMILES string of the molecule is ClC1c2ccccc2Oc2ccccc21. The maximum Gasteiger partial charge on any atom is 0.132 e. The molecule has 0 saturated heterocycles. The van der Waals surface area contributed by atoms with E-state index in [2.05, 4.69) is 0 Å². The molecular formula is C13H9ClO. The van der Waals surface area contributed by atoms with Gasteiger partial charge in [0.1, 0.15) is 11.5 Å². The zero-order chi connectivity index (χ0) is 10.3. The van der Waals surface area contributed by atoms with Gasteiger partial charge in [0.25, 0.3) is 0 Å². The molecular weight excluding hydrogens is 208 g/mol. The predicted octanol–water partition coefficient (Wildman–Crippen LogP) is 4.12. The lowest BCUT2D eigenvalue weighted by atomic mass is 10.00. The number of fused-ring (bicyclic) bond motifs is 2. The van der Waals surface area contributed by atoms with Crippen molar-refractivity contribution in [1.82, 2.24) is 0 Å². The van der Waals surface area contributed by atoms with Gasteiger partial charge in [-0.3, -0.25) is 0 Å². The molecule has 1 nitrogen and oxygen atoms in total. The van der Waals surface area contributed by atoms with E-state index in [0.29, 0.717) is 0 Å². The second-order valence-electron chi connectivity index (χ2n) is 3.54. The van der Waals surface area contributed by atoms with Crippen molar-refractivity contribution in [2.45, 2.75) is 5.38 Å². The Kier molecular flexibility index (Phi) is 1.93. The first-order valence-electron chi connectivity index (χ1n) is 4.86. The molecule has 1 aliphatic heterocycles. The Morgan fingerprint density at radius 2 is 1.27 bits per heavy atom. The van der Waals surface area contributed by atoms with Crippen LogP contribution in [0.3, 0.4) is 0 Å². The van der Waals surface area contributed by atoms with E-state index >= 15 is 0 Å². The quantitative estimate of drug-likeness (QED) is 0.602. The second-order valence-corrected chi connectivity index (χ2v) is 3.98. The Bertz CT molecular complexity index is 462. The van der Waals surface area contributed by atoms with Crippen LogP contribution in [0.1, 0.15) is 16.5 Å². The molecule has 0 aromatic heterocycles. The van der Waals surface area contributed by atoms with E-state index in [1.165, 1.54) is 0 Å². The molecule has 0 fully saturated rings. The van der Waals surface area contributed by atoms with Crippen molar-refractivity contribution in [2.24, 2.45) is 0 Å². The highest BCUT2D eigenvalue weighted by Gasteiger charge is 2.24. The number of benzene rings is 2. The van der Waals surface area contributed by atoms with Crippen LogP contribution in [-0.2, 0) is 0 Å².